The first kappa shape index (κ1) is 34.6. The van der Waals surface area contributed by atoms with Crippen LogP contribution in [0, 0.1) is 17.6 Å². The van der Waals surface area contributed by atoms with Gasteiger partial charge in [-0.15, -0.1) is 0 Å². The van der Waals surface area contributed by atoms with E-state index in [0.29, 0.717) is 30.5 Å². The highest BCUT2D eigenvalue weighted by atomic mass is 19.1. The molecule has 0 spiro atoms. The average Bonchev–Trinajstić information content (AvgIpc) is 3.04. The van der Waals surface area contributed by atoms with E-state index in [9.17, 15) is 33.1 Å². The summed E-state index contributed by atoms with van der Waals surface area (Å²) < 4.78 is 38.2. The molecule has 2 amide bonds. The highest BCUT2D eigenvalue weighted by molar-refractivity contribution is 6.03. The van der Waals surface area contributed by atoms with Crippen molar-refractivity contribution in [3.63, 3.8) is 0 Å². The third-order valence-corrected chi connectivity index (χ3v) is 8.77. The fourth-order valence-electron chi connectivity index (χ4n) is 6.00. The number of aryl methyl sites for hydroxylation is 1. The Kier molecular flexibility index (Phi) is 10.8. The van der Waals surface area contributed by atoms with Gasteiger partial charge >= 0.3 is 11.9 Å². The molecule has 0 radical (unpaired) electrons. The number of carbonyl (C=O) groups excluding carboxylic acids is 2. The minimum Gasteiger partial charge on any atom is -0.481 e. The van der Waals surface area contributed by atoms with E-state index in [1.54, 1.807) is 17.0 Å². The van der Waals surface area contributed by atoms with Crippen molar-refractivity contribution in [1.82, 2.24) is 5.32 Å². The molecule has 4 N–H and O–H groups in total. The number of rotatable bonds is 16. The molecule has 5 rings (SSSR count). The molecule has 0 aliphatic carbocycles. The van der Waals surface area contributed by atoms with E-state index >= 15 is 0 Å². The number of anilines is 1. The Morgan fingerprint density at radius 3 is 2.15 bits per heavy atom. The number of hydrogen-bond donors (Lipinski definition) is 4. The van der Waals surface area contributed by atoms with E-state index in [-0.39, 0.29) is 31.6 Å². The Morgan fingerprint density at radius 1 is 0.958 bits per heavy atom. The normalized spacial score (nSPS) is 19.5. The topological polar surface area (TPSA) is 163 Å². The smallest absolute Gasteiger partial charge is 0.326 e. The van der Waals surface area contributed by atoms with E-state index in [1.807, 2.05) is 24.3 Å². The van der Waals surface area contributed by atoms with Gasteiger partial charge in [0.2, 0.25) is 11.8 Å². The Balaban J connectivity index is 1.22. The lowest BCUT2D eigenvalue weighted by atomic mass is 9.78. The molecule has 3 aromatic rings. The second-order valence-electron chi connectivity index (χ2n) is 12.1. The van der Waals surface area contributed by atoms with Crippen LogP contribution in [-0.4, -0.2) is 70.5 Å². The number of hydrogen-bond acceptors (Lipinski definition) is 7. The monoisotopic (exact) mass is 666 g/mol. The maximum Gasteiger partial charge on any atom is 0.326 e. The van der Waals surface area contributed by atoms with Crippen molar-refractivity contribution < 1.29 is 52.8 Å². The van der Waals surface area contributed by atoms with E-state index < -0.39 is 66.2 Å². The summed E-state index contributed by atoms with van der Waals surface area (Å²) in [5.41, 5.74) is 2.15. The van der Waals surface area contributed by atoms with Gasteiger partial charge in [-0.25, -0.2) is 13.6 Å². The minimum absolute atomic E-state index is 0.146. The number of ether oxygens (including phenoxy) is 2. The summed E-state index contributed by atoms with van der Waals surface area (Å²) in [6.07, 6.45) is 0.0671. The highest BCUT2D eigenvalue weighted by Crippen LogP contribution is 2.46. The molecule has 2 saturated heterocycles. The molecule has 2 aliphatic rings. The lowest BCUT2D eigenvalue weighted by molar-refractivity contribution is -0.212. The molecule has 2 heterocycles. The zero-order valence-electron chi connectivity index (χ0n) is 25.9. The first-order chi connectivity index (χ1) is 22.9. The summed E-state index contributed by atoms with van der Waals surface area (Å²) in [5.74, 6) is -4.99. The standard InChI is InChI=1S/C35H36F2N2O9/c36-24-7-5-22(6-8-24)29(40)14-13-27-32(39(33(27)44)26-11-9-25(37)10-12-26)23-3-1-21(2-4-23)15-16-35(19-47-20-35)48-18-30(41)38-28(34(45)46)17-31(42)43/h1-12,27-29,32,40H,13-20H2,(H,38,41)(H,42,43)(H,45,46)/t27-,28?,29+,32-/m1/s1. The van der Waals surface area contributed by atoms with Gasteiger partial charge in [-0.1, -0.05) is 36.4 Å². The fourth-order valence-corrected chi connectivity index (χ4v) is 6.00. The van der Waals surface area contributed by atoms with E-state index in [1.165, 1.54) is 36.4 Å². The first-order valence-electron chi connectivity index (χ1n) is 15.5. The molecule has 4 atom stereocenters. The van der Waals surface area contributed by atoms with E-state index in [2.05, 4.69) is 5.32 Å². The van der Waals surface area contributed by atoms with Crippen LogP contribution in [0.15, 0.2) is 72.8 Å². The van der Waals surface area contributed by atoms with Crippen LogP contribution < -0.4 is 10.2 Å². The number of carboxylic acids is 2. The molecule has 2 fully saturated rings. The molecule has 11 nitrogen and oxygen atoms in total. The summed E-state index contributed by atoms with van der Waals surface area (Å²) >= 11 is 0. The maximum absolute atomic E-state index is 13.7. The number of carboxylic acid groups (broad SMARTS) is 2. The third kappa shape index (κ3) is 8.22. The van der Waals surface area contributed by atoms with Gasteiger partial charge in [-0.2, -0.15) is 0 Å². The Bertz CT molecular complexity index is 1610. The number of nitrogens with one attached hydrogen (secondary N) is 1. The maximum atomic E-state index is 13.7. The number of benzene rings is 3. The molecule has 254 valence electrons. The predicted molar refractivity (Wildman–Crippen MR) is 167 cm³/mol. The van der Waals surface area contributed by atoms with Gasteiger partial charge in [-0.05, 0) is 78.8 Å². The molecule has 2 aliphatic heterocycles. The minimum atomic E-state index is -1.57. The molecule has 3 aromatic carbocycles. The van der Waals surface area contributed by atoms with Gasteiger partial charge < -0.3 is 35.0 Å². The van der Waals surface area contributed by atoms with Crippen LogP contribution in [0.25, 0.3) is 0 Å². The Labute approximate surface area is 275 Å². The van der Waals surface area contributed by atoms with Crippen molar-refractivity contribution in [2.75, 3.05) is 24.7 Å². The van der Waals surface area contributed by atoms with Gasteiger partial charge in [0.25, 0.3) is 0 Å². The number of amides is 2. The molecule has 0 bridgehead atoms. The summed E-state index contributed by atoms with van der Waals surface area (Å²) in [5, 5.41) is 30.9. The number of nitrogens with zero attached hydrogens (tertiary/aromatic N) is 1. The molecular weight excluding hydrogens is 630 g/mol. The molecule has 48 heavy (non-hydrogen) atoms. The summed E-state index contributed by atoms with van der Waals surface area (Å²) in [7, 11) is 0. The third-order valence-electron chi connectivity index (χ3n) is 8.77. The summed E-state index contributed by atoms with van der Waals surface area (Å²) in [6, 6.07) is 17.0. The lowest BCUT2D eigenvalue weighted by Crippen LogP contribution is -2.55. The largest absolute Gasteiger partial charge is 0.481 e. The number of aliphatic carboxylic acids is 2. The van der Waals surface area contributed by atoms with Crippen molar-refractivity contribution >= 4 is 29.4 Å². The number of aliphatic hydroxyl groups excluding tert-OH is 1. The van der Waals surface area contributed by atoms with Gasteiger partial charge in [0.1, 0.15) is 29.9 Å². The number of carbonyl (C=O) groups is 4. The molecule has 1 unspecified atom stereocenters. The summed E-state index contributed by atoms with van der Waals surface area (Å²) in [6.45, 7) is 0.00804. The van der Waals surface area contributed by atoms with Crippen LogP contribution in [0.3, 0.4) is 0 Å². The number of β-lactam (4-membered cyclic amide) rings is 1. The summed E-state index contributed by atoms with van der Waals surface area (Å²) in [4.78, 5) is 49.4. The van der Waals surface area contributed by atoms with Gasteiger partial charge in [0, 0.05) is 5.69 Å². The zero-order valence-corrected chi connectivity index (χ0v) is 25.9. The van der Waals surface area contributed by atoms with Crippen molar-refractivity contribution in [2.24, 2.45) is 5.92 Å². The van der Waals surface area contributed by atoms with E-state index in [0.717, 1.165) is 11.1 Å². The van der Waals surface area contributed by atoms with Crippen LogP contribution >= 0.6 is 0 Å². The highest BCUT2D eigenvalue weighted by Gasteiger charge is 2.48. The van der Waals surface area contributed by atoms with Crippen LogP contribution in [-0.2, 0) is 35.1 Å². The second kappa shape index (κ2) is 15.0. The fraction of sp³-hybridized carbons (Fsp3) is 0.371. The van der Waals surface area contributed by atoms with Crippen molar-refractivity contribution in [3.05, 3.63) is 101 Å². The Hall–Kier alpha value is -4.72. The Morgan fingerprint density at radius 2 is 1.58 bits per heavy atom. The van der Waals surface area contributed by atoms with Crippen LogP contribution in [0.4, 0.5) is 14.5 Å². The first-order valence-corrected chi connectivity index (χ1v) is 15.5. The van der Waals surface area contributed by atoms with Gasteiger partial charge in [0.05, 0.1) is 37.7 Å². The zero-order chi connectivity index (χ0) is 34.4. The van der Waals surface area contributed by atoms with Crippen molar-refractivity contribution in [3.8, 4) is 0 Å². The van der Waals surface area contributed by atoms with Gasteiger partial charge in [-0.3, -0.25) is 14.4 Å². The lowest BCUT2D eigenvalue weighted by Gasteiger charge is -2.48. The molecular formula is C35H36F2N2O9. The van der Waals surface area contributed by atoms with Crippen LogP contribution in [0.5, 0.6) is 0 Å². The number of halogens is 2. The molecule has 13 heteroatoms. The molecule has 0 saturated carbocycles. The molecule has 0 aromatic heterocycles. The van der Waals surface area contributed by atoms with Crippen molar-refractivity contribution in [1.29, 1.82) is 0 Å². The average molecular weight is 667 g/mol. The SMILES string of the molecule is O=C(O)CC(NC(=O)COC1(CCc2ccc([C@@H]3[C@@H](CC[C@H](O)c4ccc(F)cc4)C(=O)N3c3ccc(F)cc3)cc2)COC1)C(=O)O. The quantitative estimate of drug-likeness (QED) is 0.166. The van der Waals surface area contributed by atoms with E-state index in [4.69, 9.17) is 19.7 Å². The van der Waals surface area contributed by atoms with Crippen LogP contribution in [0.1, 0.15) is 54.5 Å². The number of aliphatic hydroxyl groups is 1. The second-order valence-corrected chi connectivity index (χ2v) is 12.1. The van der Waals surface area contributed by atoms with Gasteiger partial charge in [0.15, 0.2) is 0 Å². The predicted octanol–water partition coefficient (Wildman–Crippen LogP) is 3.95. The van der Waals surface area contributed by atoms with Crippen molar-refractivity contribution in [2.45, 2.75) is 55.9 Å². The van der Waals surface area contributed by atoms with Crippen LogP contribution in [0.2, 0.25) is 0 Å².